The number of ether oxygens (including phenoxy) is 2. The Bertz CT molecular complexity index is 277. The van der Waals surface area contributed by atoms with Crippen LogP contribution in [0.1, 0.15) is 6.92 Å². The third-order valence-corrected chi connectivity index (χ3v) is 2.62. The highest BCUT2D eigenvalue weighted by atomic mass is 16.6. The van der Waals surface area contributed by atoms with E-state index in [1.165, 1.54) is 0 Å². The van der Waals surface area contributed by atoms with Gasteiger partial charge in [-0.3, -0.25) is 4.79 Å². The second kappa shape index (κ2) is 7.88. The Morgan fingerprint density at radius 2 is 1.78 bits per heavy atom. The van der Waals surface area contributed by atoms with Crippen molar-refractivity contribution >= 4 is 12.0 Å². The van der Waals surface area contributed by atoms with Crippen molar-refractivity contribution in [2.45, 2.75) is 6.92 Å². The maximum Gasteiger partial charge on any atom is 0.409 e. The highest BCUT2D eigenvalue weighted by Crippen LogP contribution is 2.04. The van der Waals surface area contributed by atoms with Crippen LogP contribution in [0.2, 0.25) is 0 Å². The van der Waals surface area contributed by atoms with E-state index in [4.69, 9.17) is 14.6 Å². The van der Waals surface area contributed by atoms with Crippen LogP contribution in [-0.4, -0.2) is 79.5 Å². The Balaban J connectivity index is 2.26. The minimum atomic E-state index is -0.332. The molecule has 1 N–H and O–H groups in total. The van der Waals surface area contributed by atoms with Crippen LogP contribution in [0.3, 0.4) is 0 Å². The van der Waals surface area contributed by atoms with Gasteiger partial charge < -0.3 is 24.4 Å². The molecule has 0 aliphatic carbocycles. The van der Waals surface area contributed by atoms with Crippen LogP contribution in [-0.2, 0) is 14.3 Å². The molecular weight excluding hydrogens is 240 g/mol. The average molecular weight is 260 g/mol. The standard InChI is InChI=1S/C11H20N2O5/c1-2-18-11(16)13-5-3-12(4-6-13)10(15)9-17-8-7-14/h14H,2-9H2,1H3. The monoisotopic (exact) mass is 260 g/mol. The van der Waals surface area contributed by atoms with Crippen molar-refractivity contribution in [3.05, 3.63) is 0 Å². The number of piperazine rings is 1. The zero-order valence-electron chi connectivity index (χ0n) is 10.6. The van der Waals surface area contributed by atoms with E-state index in [1.807, 2.05) is 0 Å². The van der Waals surface area contributed by atoms with Crippen LogP contribution in [0.5, 0.6) is 0 Å². The first kappa shape index (κ1) is 14.7. The van der Waals surface area contributed by atoms with Crippen LogP contribution in [0, 0.1) is 0 Å². The molecule has 0 bridgehead atoms. The third kappa shape index (κ3) is 4.50. The summed E-state index contributed by atoms with van der Waals surface area (Å²) in [6.45, 7) is 4.08. The second-order valence-corrected chi connectivity index (χ2v) is 3.84. The Morgan fingerprint density at radius 3 is 2.33 bits per heavy atom. The molecule has 0 aromatic heterocycles. The molecule has 1 rings (SSSR count). The molecular formula is C11H20N2O5. The lowest BCUT2D eigenvalue weighted by molar-refractivity contribution is -0.138. The van der Waals surface area contributed by atoms with Crippen LogP contribution in [0.15, 0.2) is 0 Å². The van der Waals surface area contributed by atoms with E-state index in [9.17, 15) is 9.59 Å². The van der Waals surface area contributed by atoms with Crippen LogP contribution >= 0.6 is 0 Å². The smallest absolute Gasteiger partial charge is 0.409 e. The molecule has 0 radical (unpaired) electrons. The summed E-state index contributed by atoms with van der Waals surface area (Å²) in [5, 5.41) is 8.53. The number of aliphatic hydroxyl groups excluding tert-OH is 1. The molecule has 0 atom stereocenters. The van der Waals surface area contributed by atoms with Crippen molar-refractivity contribution in [3.8, 4) is 0 Å². The van der Waals surface area contributed by atoms with Gasteiger partial charge in [0.05, 0.1) is 19.8 Å². The summed E-state index contributed by atoms with van der Waals surface area (Å²) in [7, 11) is 0. The summed E-state index contributed by atoms with van der Waals surface area (Å²) >= 11 is 0. The molecule has 1 aliphatic rings. The van der Waals surface area contributed by atoms with Gasteiger partial charge in [0.25, 0.3) is 0 Å². The van der Waals surface area contributed by atoms with Crippen molar-refractivity contribution in [2.24, 2.45) is 0 Å². The first-order valence-electron chi connectivity index (χ1n) is 6.07. The fourth-order valence-electron chi connectivity index (χ4n) is 1.67. The van der Waals surface area contributed by atoms with Gasteiger partial charge in [0.15, 0.2) is 0 Å². The molecule has 1 aliphatic heterocycles. The molecule has 2 amide bonds. The Hall–Kier alpha value is -1.34. The maximum atomic E-state index is 11.7. The van der Waals surface area contributed by atoms with Gasteiger partial charge in [-0.25, -0.2) is 4.79 Å². The fourth-order valence-corrected chi connectivity index (χ4v) is 1.67. The highest BCUT2D eigenvalue weighted by Gasteiger charge is 2.24. The molecule has 0 aromatic carbocycles. The lowest BCUT2D eigenvalue weighted by atomic mass is 10.3. The summed E-state index contributed by atoms with van der Waals surface area (Å²) in [4.78, 5) is 26.3. The third-order valence-electron chi connectivity index (χ3n) is 2.62. The number of carbonyl (C=O) groups is 2. The molecule has 1 heterocycles. The zero-order chi connectivity index (χ0) is 13.4. The first-order valence-corrected chi connectivity index (χ1v) is 6.07. The molecule has 0 unspecified atom stereocenters. The summed E-state index contributed by atoms with van der Waals surface area (Å²) in [5.74, 6) is -0.119. The second-order valence-electron chi connectivity index (χ2n) is 3.84. The van der Waals surface area contributed by atoms with Gasteiger partial charge in [-0.2, -0.15) is 0 Å². The number of aliphatic hydroxyl groups is 1. The molecule has 0 saturated carbocycles. The van der Waals surface area contributed by atoms with E-state index < -0.39 is 0 Å². The predicted octanol–water partition coefficient (Wildman–Crippen LogP) is -0.704. The molecule has 7 nitrogen and oxygen atoms in total. The first-order chi connectivity index (χ1) is 8.69. The SMILES string of the molecule is CCOC(=O)N1CCN(C(=O)COCCO)CC1. The van der Waals surface area contributed by atoms with E-state index in [2.05, 4.69) is 0 Å². The lowest BCUT2D eigenvalue weighted by Gasteiger charge is -2.33. The van der Waals surface area contributed by atoms with Crippen LogP contribution in [0.4, 0.5) is 4.79 Å². The van der Waals surface area contributed by atoms with Gasteiger partial charge in [-0.1, -0.05) is 0 Å². The van der Waals surface area contributed by atoms with Gasteiger partial charge in [-0.05, 0) is 6.92 Å². The van der Waals surface area contributed by atoms with Gasteiger partial charge in [-0.15, -0.1) is 0 Å². The van der Waals surface area contributed by atoms with E-state index in [0.717, 1.165) is 0 Å². The van der Waals surface area contributed by atoms with Gasteiger partial charge in [0.1, 0.15) is 6.61 Å². The molecule has 1 fully saturated rings. The topological polar surface area (TPSA) is 79.3 Å². The molecule has 7 heteroatoms. The zero-order valence-corrected chi connectivity index (χ0v) is 10.6. The molecule has 0 aromatic rings. The minimum absolute atomic E-state index is 0.0278. The van der Waals surface area contributed by atoms with Crippen molar-refractivity contribution in [1.29, 1.82) is 0 Å². The van der Waals surface area contributed by atoms with E-state index in [0.29, 0.717) is 32.8 Å². The maximum absolute atomic E-state index is 11.7. The minimum Gasteiger partial charge on any atom is -0.450 e. The van der Waals surface area contributed by atoms with Crippen molar-refractivity contribution in [3.63, 3.8) is 0 Å². The van der Waals surface area contributed by atoms with Crippen molar-refractivity contribution < 1.29 is 24.2 Å². The fraction of sp³-hybridized carbons (Fsp3) is 0.818. The van der Waals surface area contributed by atoms with Crippen molar-refractivity contribution in [1.82, 2.24) is 9.80 Å². The summed E-state index contributed by atoms with van der Waals surface area (Å²) in [5.41, 5.74) is 0. The summed E-state index contributed by atoms with van der Waals surface area (Å²) in [6, 6.07) is 0. The van der Waals surface area contributed by atoms with E-state index in [-0.39, 0.29) is 31.8 Å². The summed E-state index contributed by atoms with van der Waals surface area (Å²) < 4.78 is 9.85. The van der Waals surface area contributed by atoms with Crippen LogP contribution in [0.25, 0.3) is 0 Å². The number of carbonyl (C=O) groups excluding carboxylic acids is 2. The molecule has 1 saturated heterocycles. The van der Waals surface area contributed by atoms with Crippen LogP contribution < -0.4 is 0 Å². The number of rotatable bonds is 5. The Labute approximate surface area is 106 Å². The largest absolute Gasteiger partial charge is 0.450 e. The molecule has 18 heavy (non-hydrogen) atoms. The Morgan fingerprint density at radius 1 is 1.17 bits per heavy atom. The van der Waals surface area contributed by atoms with E-state index in [1.54, 1.807) is 16.7 Å². The number of hydrogen-bond acceptors (Lipinski definition) is 5. The summed E-state index contributed by atoms with van der Waals surface area (Å²) in [6.07, 6.45) is -0.332. The lowest BCUT2D eigenvalue weighted by Crippen LogP contribution is -2.51. The highest BCUT2D eigenvalue weighted by molar-refractivity contribution is 5.78. The molecule has 104 valence electrons. The number of nitrogens with zero attached hydrogens (tertiary/aromatic N) is 2. The normalized spacial score (nSPS) is 15.7. The average Bonchev–Trinajstić information content (AvgIpc) is 2.39. The van der Waals surface area contributed by atoms with Gasteiger partial charge in [0.2, 0.25) is 5.91 Å². The quantitative estimate of drug-likeness (QED) is 0.661. The number of hydrogen-bond donors (Lipinski definition) is 1. The van der Waals surface area contributed by atoms with E-state index >= 15 is 0 Å². The Kier molecular flexibility index (Phi) is 6.45. The number of amides is 2. The van der Waals surface area contributed by atoms with Gasteiger partial charge >= 0.3 is 6.09 Å². The predicted molar refractivity (Wildman–Crippen MR) is 63.1 cm³/mol. The van der Waals surface area contributed by atoms with Gasteiger partial charge in [0, 0.05) is 26.2 Å². The molecule has 0 spiro atoms. The van der Waals surface area contributed by atoms with Crippen molar-refractivity contribution in [2.75, 3.05) is 52.6 Å².